The molecule has 1 N–H and O–H groups in total. The van der Waals surface area contributed by atoms with Crippen LogP contribution in [0.5, 0.6) is 11.5 Å². The van der Waals surface area contributed by atoms with Crippen LogP contribution in [-0.4, -0.2) is 28.9 Å². The summed E-state index contributed by atoms with van der Waals surface area (Å²) in [5, 5.41) is 5.03. The molecule has 0 atom stereocenters. The highest BCUT2D eigenvalue weighted by Crippen LogP contribution is 2.36. The van der Waals surface area contributed by atoms with E-state index in [4.69, 9.17) is 21.1 Å². The molecule has 0 bridgehead atoms. The maximum atomic E-state index is 11.9. The van der Waals surface area contributed by atoms with Crippen molar-refractivity contribution in [2.75, 3.05) is 6.79 Å². The van der Waals surface area contributed by atoms with Crippen molar-refractivity contribution in [1.82, 2.24) is 15.4 Å². The topological polar surface area (TPSA) is 85.7 Å². The Morgan fingerprint density at radius 2 is 1.96 bits per heavy atom. The van der Waals surface area contributed by atoms with Crippen LogP contribution < -0.4 is 14.9 Å². The van der Waals surface area contributed by atoms with Crippen LogP contribution in [0.1, 0.15) is 15.9 Å². The van der Waals surface area contributed by atoms with Crippen LogP contribution >= 0.6 is 11.6 Å². The summed E-state index contributed by atoms with van der Waals surface area (Å²) >= 11 is 6.19. The smallest absolute Gasteiger partial charge is 0.271 e. The van der Waals surface area contributed by atoms with Crippen molar-refractivity contribution in [3.8, 4) is 11.5 Å². The first-order valence-electron chi connectivity index (χ1n) is 7.34. The number of nitrogens with zero attached hydrogens (tertiary/aromatic N) is 3. The van der Waals surface area contributed by atoms with Crippen LogP contribution in [0.2, 0.25) is 5.15 Å². The number of hydrazone groups is 1. The largest absolute Gasteiger partial charge is 0.454 e. The zero-order chi connectivity index (χ0) is 17.2. The number of ether oxygens (including phenoxy) is 2. The number of benzene rings is 1. The molecule has 2 aromatic heterocycles. The standard InChI is InChI=1S/C17H11ClN4O3/c18-16-12(8-20-22-17(23)10-1-3-19-4-2-10)5-11-6-14-15(25-9-24-14)7-13(11)21-16/h1-8H,9H2,(H,22,23)/b20-8+. The molecule has 1 aliphatic heterocycles. The SMILES string of the molecule is O=C(N/N=C/c1cc2cc3c(cc2nc1Cl)OCO3)c1ccncc1. The molecule has 1 amide bonds. The monoisotopic (exact) mass is 354 g/mol. The molecule has 3 heterocycles. The summed E-state index contributed by atoms with van der Waals surface area (Å²) in [6.45, 7) is 0.189. The fraction of sp³-hybridized carbons (Fsp3) is 0.0588. The zero-order valence-corrected chi connectivity index (χ0v) is 13.5. The van der Waals surface area contributed by atoms with E-state index >= 15 is 0 Å². The minimum Gasteiger partial charge on any atom is -0.454 e. The van der Waals surface area contributed by atoms with Gasteiger partial charge in [-0.3, -0.25) is 9.78 Å². The molecule has 0 saturated heterocycles. The van der Waals surface area contributed by atoms with Gasteiger partial charge >= 0.3 is 0 Å². The summed E-state index contributed by atoms with van der Waals surface area (Å²) < 4.78 is 10.7. The number of hydrogen-bond donors (Lipinski definition) is 1. The van der Waals surface area contributed by atoms with E-state index in [-0.39, 0.29) is 17.9 Å². The van der Waals surface area contributed by atoms with Crippen molar-refractivity contribution in [3.63, 3.8) is 0 Å². The molecule has 8 heteroatoms. The van der Waals surface area contributed by atoms with Gasteiger partial charge in [0.25, 0.3) is 5.91 Å². The summed E-state index contributed by atoms with van der Waals surface area (Å²) in [5.41, 5.74) is 4.16. The molecular weight excluding hydrogens is 344 g/mol. The highest BCUT2D eigenvalue weighted by Gasteiger charge is 2.15. The molecule has 3 aromatic rings. The second-order valence-electron chi connectivity index (χ2n) is 5.20. The van der Waals surface area contributed by atoms with Gasteiger partial charge in [0.1, 0.15) is 5.15 Å². The van der Waals surface area contributed by atoms with E-state index in [2.05, 4.69) is 20.5 Å². The number of pyridine rings is 2. The number of nitrogens with one attached hydrogen (secondary N) is 1. The van der Waals surface area contributed by atoms with Gasteiger partial charge in [0.15, 0.2) is 11.5 Å². The van der Waals surface area contributed by atoms with Crippen molar-refractivity contribution in [2.24, 2.45) is 5.10 Å². The Morgan fingerprint density at radius 3 is 2.76 bits per heavy atom. The maximum absolute atomic E-state index is 11.9. The third kappa shape index (κ3) is 3.09. The van der Waals surface area contributed by atoms with Gasteiger partial charge in [-0.2, -0.15) is 5.10 Å². The molecule has 0 spiro atoms. The predicted molar refractivity (Wildman–Crippen MR) is 92.2 cm³/mol. The lowest BCUT2D eigenvalue weighted by Gasteiger charge is -2.04. The fourth-order valence-electron chi connectivity index (χ4n) is 2.38. The molecule has 0 radical (unpaired) electrons. The molecular formula is C17H11ClN4O3. The molecule has 0 unspecified atom stereocenters. The van der Waals surface area contributed by atoms with E-state index in [9.17, 15) is 4.79 Å². The number of carbonyl (C=O) groups excluding carboxylic acids is 1. The number of carbonyl (C=O) groups is 1. The molecule has 1 aromatic carbocycles. The third-order valence-electron chi connectivity index (χ3n) is 3.60. The number of hydrogen-bond acceptors (Lipinski definition) is 6. The molecule has 7 nitrogen and oxygen atoms in total. The molecule has 0 saturated carbocycles. The fourth-order valence-corrected chi connectivity index (χ4v) is 2.57. The molecule has 1 aliphatic rings. The number of halogens is 1. The lowest BCUT2D eigenvalue weighted by Crippen LogP contribution is -2.17. The average Bonchev–Trinajstić information content (AvgIpc) is 3.08. The van der Waals surface area contributed by atoms with Crippen LogP contribution in [0, 0.1) is 0 Å². The highest BCUT2D eigenvalue weighted by atomic mass is 35.5. The van der Waals surface area contributed by atoms with E-state index in [0.717, 1.165) is 5.39 Å². The Morgan fingerprint density at radius 1 is 1.20 bits per heavy atom. The first kappa shape index (κ1) is 15.3. The molecule has 124 valence electrons. The van der Waals surface area contributed by atoms with Crippen molar-refractivity contribution >= 4 is 34.6 Å². The normalized spacial score (nSPS) is 12.7. The molecule has 0 aliphatic carbocycles. The van der Waals surface area contributed by atoms with Gasteiger partial charge in [-0.05, 0) is 24.3 Å². The van der Waals surface area contributed by atoms with Crippen LogP contribution in [0.15, 0.2) is 47.8 Å². The Balaban J connectivity index is 1.57. The van der Waals surface area contributed by atoms with Crippen molar-refractivity contribution in [1.29, 1.82) is 0 Å². The van der Waals surface area contributed by atoms with E-state index in [1.807, 2.05) is 12.1 Å². The van der Waals surface area contributed by atoms with Gasteiger partial charge < -0.3 is 9.47 Å². The van der Waals surface area contributed by atoms with E-state index in [0.29, 0.717) is 28.1 Å². The third-order valence-corrected chi connectivity index (χ3v) is 3.90. The first-order chi connectivity index (χ1) is 12.2. The summed E-state index contributed by atoms with van der Waals surface area (Å²) in [6, 6.07) is 8.61. The van der Waals surface area contributed by atoms with Crippen LogP contribution in [-0.2, 0) is 0 Å². The van der Waals surface area contributed by atoms with Crippen LogP contribution in [0.25, 0.3) is 10.9 Å². The molecule has 0 fully saturated rings. The van der Waals surface area contributed by atoms with Crippen molar-refractivity contribution < 1.29 is 14.3 Å². The van der Waals surface area contributed by atoms with Crippen molar-refractivity contribution in [2.45, 2.75) is 0 Å². The molecule has 4 rings (SSSR count). The van der Waals surface area contributed by atoms with Gasteiger partial charge in [-0.1, -0.05) is 11.6 Å². The predicted octanol–water partition coefficient (Wildman–Crippen LogP) is 2.78. The lowest BCUT2D eigenvalue weighted by atomic mass is 10.1. The van der Waals surface area contributed by atoms with Gasteiger partial charge in [-0.15, -0.1) is 0 Å². The Kier molecular flexibility index (Phi) is 3.91. The number of fused-ring (bicyclic) bond motifs is 2. The number of rotatable bonds is 3. The van der Waals surface area contributed by atoms with E-state index in [1.54, 1.807) is 18.2 Å². The summed E-state index contributed by atoms with van der Waals surface area (Å²) in [6.07, 6.45) is 4.51. The minimum absolute atomic E-state index is 0.189. The second kappa shape index (κ2) is 6.37. The van der Waals surface area contributed by atoms with E-state index in [1.165, 1.54) is 18.6 Å². The zero-order valence-electron chi connectivity index (χ0n) is 12.8. The lowest BCUT2D eigenvalue weighted by molar-refractivity contribution is 0.0955. The Bertz CT molecular complexity index is 992. The highest BCUT2D eigenvalue weighted by molar-refractivity contribution is 6.32. The Labute approximate surface area is 147 Å². The van der Waals surface area contributed by atoms with Gasteiger partial charge in [-0.25, -0.2) is 10.4 Å². The first-order valence-corrected chi connectivity index (χ1v) is 7.72. The van der Waals surface area contributed by atoms with Gasteiger partial charge in [0.05, 0.1) is 11.7 Å². The maximum Gasteiger partial charge on any atom is 0.271 e. The average molecular weight is 355 g/mol. The summed E-state index contributed by atoms with van der Waals surface area (Å²) in [7, 11) is 0. The van der Waals surface area contributed by atoms with Crippen LogP contribution in [0.4, 0.5) is 0 Å². The summed E-state index contributed by atoms with van der Waals surface area (Å²) in [5.74, 6) is 0.958. The second-order valence-corrected chi connectivity index (χ2v) is 5.56. The quantitative estimate of drug-likeness (QED) is 0.444. The van der Waals surface area contributed by atoms with Gasteiger partial charge in [0, 0.05) is 35.0 Å². The Hall–Kier alpha value is -3.19. The number of amides is 1. The van der Waals surface area contributed by atoms with Crippen molar-refractivity contribution in [3.05, 3.63) is 59.0 Å². The summed E-state index contributed by atoms with van der Waals surface area (Å²) in [4.78, 5) is 20.1. The van der Waals surface area contributed by atoms with Gasteiger partial charge in [0.2, 0.25) is 6.79 Å². The van der Waals surface area contributed by atoms with Crippen LogP contribution in [0.3, 0.4) is 0 Å². The van der Waals surface area contributed by atoms with E-state index < -0.39 is 0 Å². The molecule has 25 heavy (non-hydrogen) atoms. The minimum atomic E-state index is -0.341. The number of aromatic nitrogens is 2.